The Labute approximate surface area is 85.6 Å². The van der Waals surface area contributed by atoms with Crippen LogP contribution in [-0.4, -0.2) is 20.3 Å². The molecule has 72 valence electrons. The third-order valence-corrected chi connectivity index (χ3v) is 2.09. The summed E-state index contributed by atoms with van der Waals surface area (Å²) in [7, 11) is 0. The summed E-state index contributed by atoms with van der Waals surface area (Å²) in [5, 5.41) is 15.0. The molecule has 4 nitrogen and oxygen atoms in total. The molecule has 0 saturated carbocycles. The highest BCUT2D eigenvalue weighted by Gasteiger charge is 2.02. The Hall–Kier alpha value is -1.62. The predicted octanol–water partition coefficient (Wildman–Crippen LogP) is 1.76. The molecule has 1 aromatic carbocycles. The molecule has 0 unspecified atom stereocenters. The summed E-state index contributed by atoms with van der Waals surface area (Å²) < 4.78 is 0.426. The second-order valence-electron chi connectivity index (χ2n) is 2.92. The molecule has 0 aliphatic rings. The van der Waals surface area contributed by atoms with E-state index in [-0.39, 0.29) is 5.75 Å². The van der Waals surface area contributed by atoms with Gasteiger partial charge in [-0.2, -0.15) is 0 Å². The van der Waals surface area contributed by atoms with Crippen LogP contribution in [0.3, 0.4) is 0 Å². The molecule has 0 amide bonds. The minimum absolute atomic E-state index is 0.273. The largest absolute Gasteiger partial charge is 0.508 e. The van der Waals surface area contributed by atoms with Crippen molar-refractivity contribution in [3.8, 4) is 5.75 Å². The molecule has 1 aromatic heterocycles. The molecular formula is C9H9N3OS. The lowest BCUT2D eigenvalue weighted by Crippen LogP contribution is -1.91. The van der Waals surface area contributed by atoms with Crippen molar-refractivity contribution in [3.63, 3.8) is 0 Å². The van der Waals surface area contributed by atoms with E-state index in [9.17, 15) is 5.11 Å². The highest BCUT2D eigenvalue weighted by Crippen LogP contribution is 2.17. The van der Waals surface area contributed by atoms with Crippen LogP contribution in [0.5, 0.6) is 5.75 Å². The second kappa shape index (κ2) is 3.63. The number of aromatic nitrogens is 3. The van der Waals surface area contributed by atoms with Gasteiger partial charge in [-0.05, 0) is 18.3 Å². The standard InChI is InChI=1S/C9H9N3OS/c13-7-4-2-1-3-6(7)5-8-10-9(14)12-11-8/h1-4,13H,5H2,(H2,10,11,12,14). The number of H-pyrrole nitrogens is 2. The van der Waals surface area contributed by atoms with Crippen LogP contribution in [0.25, 0.3) is 0 Å². The summed E-state index contributed by atoms with van der Waals surface area (Å²) in [6, 6.07) is 7.15. The van der Waals surface area contributed by atoms with Crippen LogP contribution in [0.1, 0.15) is 11.4 Å². The third kappa shape index (κ3) is 1.82. The molecule has 0 radical (unpaired) electrons. The van der Waals surface area contributed by atoms with Crippen LogP contribution in [0, 0.1) is 4.77 Å². The molecule has 2 rings (SSSR count). The number of benzene rings is 1. The normalized spacial score (nSPS) is 10.3. The Morgan fingerprint density at radius 1 is 1.29 bits per heavy atom. The quantitative estimate of drug-likeness (QED) is 0.657. The van der Waals surface area contributed by atoms with Crippen LogP contribution in [-0.2, 0) is 6.42 Å². The minimum atomic E-state index is 0.273. The van der Waals surface area contributed by atoms with Crippen molar-refractivity contribution in [1.29, 1.82) is 0 Å². The Morgan fingerprint density at radius 2 is 2.07 bits per heavy atom. The summed E-state index contributed by atoms with van der Waals surface area (Å²) in [6.45, 7) is 0. The first-order chi connectivity index (χ1) is 6.75. The fourth-order valence-electron chi connectivity index (χ4n) is 1.23. The minimum Gasteiger partial charge on any atom is -0.508 e. The van der Waals surface area contributed by atoms with Crippen molar-refractivity contribution in [2.24, 2.45) is 0 Å². The Bertz CT molecular complexity index is 489. The molecule has 14 heavy (non-hydrogen) atoms. The second-order valence-corrected chi connectivity index (χ2v) is 3.31. The molecule has 0 saturated heterocycles. The van der Waals surface area contributed by atoms with E-state index in [4.69, 9.17) is 12.2 Å². The Balaban J connectivity index is 2.27. The fraction of sp³-hybridized carbons (Fsp3) is 0.111. The van der Waals surface area contributed by atoms with E-state index in [0.717, 1.165) is 11.4 Å². The zero-order chi connectivity index (χ0) is 9.97. The first kappa shape index (κ1) is 8.96. The van der Waals surface area contributed by atoms with Crippen LogP contribution in [0.4, 0.5) is 0 Å². The zero-order valence-corrected chi connectivity index (χ0v) is 8.14. The number of para-hydroxylation sites is 1. The van der Waals surface area contributed by atoms with Gasteiger partial charge in [0.2, 0.25) is 4.77 Å². The van der Waals surface area contributed by atoms with E-state index in [1.54, 1.807) is 12.1 Å². The number of nitrogens with zero attached hydrogens (tertiary/aromatic N) is 1. The number of rotatable bonds is 2. The summed E-state index contributed by atoms with van der Waals surface area (Å²) in [5.41, 5.74) is 0.824. The molecular weight excluding hydrogens is 198 g/mol. The van der Waals surface area contributed by atoms with Gasteiger partial charge in [-0.3, -0.25) is 10.2 Å². The fourth-order valence-corrected chi connectivity index (χ4v) is 1.39. The lowest BCUT2D eigenvalue weighted by molar-refractivity contribution is 0.469. The number of aromatic amines is 2. The molecule has 0 aliphatic heterocycles. The van der Waals surface area contributed by atoms with Gasteiger partial charge in [0.1, 0.15) is 11.6 Å². The zero-order valence-electron chi connectivity index (χ0n) is 7.32. The number of hydrogen-bond acceptors (Lipinski definition) is 3. The van der Waals surface area contributed by atoms with E-state index in [1.165, 1.54) is 0 Å². The molecule has 3 N–H and O–H groups in total. The first-order valence-corrected chi connectivity index (χ1v) is 4.57. The van der Waals surface area contributed by atoms with Gasteiger partial charge in [-0.25, -0.2) is 4.98 Å². The van der Waals surface area contributed by atoms with Crippen molar-refractivity contribution in [3.05, 3.63) is 40.4 Å². The van der Waals surface area contributed by atoms with Gasteiger partial charge in [0.05, 0.1) is 0 Å². The average molecular weight is 207 g/mol. The van der Waals surface area contributed by atoms with Gasteiger partial charge in [0.15, 0.2) is 0 Å². The SMILES string of the molecule is Oc1ccccc1Cc1nc(=S)[nH][nH]1. The van der Waals surface area contributed by atoms with Crippen molar-refractivity contribution in [2.45, 2.75) is 6.42 Å². The molecule has 5 heteroatoms. The molecule has 0 aliphatic carbocycles. The van der Waals surface area contributed by atoms with Gasteiger partial charge >= 0.3 is 0 Å². The van der Waals surface area contributed by atoms with E-state index in [0.29, 0.717) is 11.2 Å². The van der Waals surface area contributed by atoms with Crippen molar-refractivity contribution < 1.29 is 5.11 Å². The van der Waals surface area contributed by atoms with Gasteiger partial charge in [0, 0.05) is 12.0 Å². The summed E-state index contributed by atoms with van der Waals surface area (Å²) >= 11 is 4.82. The number of aromatic hydroxyl groups is 1. The van der Waals surface area contributed by atoms with Crippen molar-refractivity contribution in [1.82, 2.24) is 15.2 Å². The van der Waals surface area contributed by atoms with Crippen LogP contribution < -0.4 is 0 Å². The Kier molecular flexibility index (Phi) is 2.32. The lowest BCUT2D eigenvalue weighted by atomic mass is 10.1. The van der Waals surface area contributed by atoms with Gasteiger partial charge < -0.3 is 5.11 Å². The molecule has 1 heterocycles. The highest BCUT2D eigenvalue weighted by molar-refractivity contribution is 7.71. The predicted molar refractivity (Wildman–Crippen MR) is 54.7 cm³/mol. The number of phenols is 1. The average Bonchev–Trinajstić information content (AvgIpc) is 2.56. The van der Waals surface area contributed by atoms with Gasteiger partial charge in [-0.1, -0.05) is 18.2 Å². The summed E-state index contributed by atoms with van der Waals surface area (Å²) in [4.78, 5) is 4.04. The maximum atomic E-state index is 9.50. The smallest absolute Gasteiger partial charge is 0.213 e. The molecule has 0 fully saturated rings. The van der Waals surface area contributed by atoms with E-state index < -0.39 is 0 Å². The highest BCUT2D eigenvalue weighted by atomic mass is 32.1. The molecule has 2 aromatic rings. The first-order valence-electron chi connectivity index (χ1n) is 4.16. The van der Waals surface area contributed by atoms with Gasteiger partial charge in [-0.15, -0.1) is 0 Å². The monoisotopic (exact) mass is 207 g/mol. The van der Waals surface area contributed by atoms with Crippen molar-refractivity contribution in [2.75, 3.05) is 0 Å². The third-order valence-electron chi connectivity index (χ3n) is 1.90. The van der Waals surface area contributed by atoms with Crippen molar-refractivity contribution >= 4 is 12.2 Å². The number of nitrogens with one attached hydrogen (secondary N) is 2. The summed E-state index contributed by atoms with van der Waals surface area (Å²) in [6.07, 6.45) is 0.541. The summed E-state index contributed by atoms with van der Waals surface area (Å²) in [5.74, 6) is 0.992. The lowest BCUT2D eigenvalue weighted by Gasteiger charge is -2.00. The van der Waals surface area contributed by atoms with E-state index in [2.05, 4.69) is 15.2 Å². The number of hydrogen-bond donors (Lipinski definition) is 3. The van der Waals surface area contributed by atoms with E-state index >= 15 is 0 Å². The maximum Gasteiger partial charge on any atom is 0.213 e. The maximum absolute atomic E-state index is 9.50. The molecule has 0 bridgehead atoms. The van der Waals surface area contributed by atoms with Crippen LogP contribution in [0.2, 0.25) is 0 Å². The molecule has 0 spiro atoms. The van der Waals surface area contributed by atoms with Crippen LogP contribution >= 0.6 is 12.2 Å². The van der Waals surface area contributed by atoms with E-state index in [1.807, 2.05) is 12.1 Å². The number of phenolic OH excluding ortho intramolecular Hbond substituents is 1. The van der Waals surface area contributed by atoms with Crippen LogP contribution in [0.15, 0.2) is 24.3 Å². The topological polar surface area (TPSA) is 64.7 Å². The molecule has 0 atom stereocenters. The van der Waals surface area contributed by atoms with Gasteiger partial charge in [0.25, 0.3) is 0 Å². The Morgan fingerprint density at radius 3 is 2.71 bits per heavy atom.